The zero-order valence-corrected chi connectivity index (χ0v) is 10.9. The van der Waals surface area contributed by atoms with Gasteiger partial charge in [0.2, 0.25) is 0 Å². The summed E-state index contributed by atoms with van der Waals surface area (Å²) in [6.45, 7) is 4.15. The highest BCUT2D eigenvalue weighted by Crippen LogP contribution is 2.28. The summed E-state index contributed by atoms with van der Waals surface area (Å²) in [5.41, 5.74) is 0. The second-order valence-corrected chi connectivity index (χ2v) is 5.92. The maximum Gasteiger partial charge on any atom is 0.307 e. The monoisotopic (exact) mass is 239 g/mol. The molecule has 2 fully saturated rings. The van der Waals surface area contributed by atoms with E-state index in [1.807, 2.05) is 0 Å². The Morgan fingerprint density at radius 2 is 1.88 bits per heavy atom. The first kappa shape index (κ1) is 12.9. The largest absolute Gasteiger partial charge is 0.481 e. The van der Waals surface area contributed by atoms with Crippen LogP contribution in [0, 0.1) is 11.8 Å². The fourth-order valence-corrected chi connectivity index (χ4v) is 3.34. The van der Waals surface area contributed by atoms with E-state index >= 15 is 0 Å². The lowest BCUT2D eigenvalue weighted by Crippen LogP contribution is -2.46. The van der Waals surface area contributed by atoms with Crippen molar-refractivity contribution in [1.82, 2.24) is 4.90 Å². The molecular weight excluding hydrogens is 214 g/mol. The molecule has 1 aliphatic heterocycles. The fourth-order valence-electron chi connectivity index (χ4n) is 3.34. The zero-order chi connectivity index (χ0) is 12.3. The maximum atomic E-state index is 11.1. The molecule has 3 nitrogen and oxygen atoms in total. The zero-order valence-electron chi connectivity index (χ0n) is 10.9. The average molecular weight is 239 g/mol. The highest BCUT2D eigenvalue weighted by molar-refractivity contribution is 5.70. The van der Waals surface area contributed by atoms with E-state index in [-0.39, 0.29) is 5.92 Å². The Hall–Kier alpha value is -0.570. The summed E-state index contributed by atoms with van der Waals surface area (Å²) in [5, 5.41) is 9.12. The molecule has 1 aliphatic carbocycles. The average Bonchev–Trinajstić information content (AvgIpc) is 2.33. The van der Waals surface area contributed by atoms with Crippen molar-refractivity contribution in [3.8, 4) is 0 Å². The van der Waals surface area contributed by atoms with Crippen LogP contribution in [0.25, 0.3) is 0 Å². The molecule has 0 radical (unpaired) electrons. The second-order valence-electron chi connectivity index (χ2n) is 5.92. The third-order valence-electron chi connectivity index (χ3n) is 4.58. The van der Waals surface area contributed by atoms with Gasteiger partial charge in [-0.15, -0.1) is 0 Å². The molecule has 1 N–H and O–H groups in total. The van der Waals surface area contributed by atoms with Crippen LogP contribution in [0.5, 0.6) is 0 Å². The molecule has 3 heteroatoms. The summed E-state index contributed by atoms with van der Waals surface area (Å²) >= 11 is 0. The summed E-state index contributed by atoms with van der Waals surface area (Å²) in [5.74, 6) is 0.0825. The molecule has 0 bridgehead atoms. The number of carboxylic acid groups (broad SMARTS) is 1. The molecule has 0 spiro atoms. The van der Waals surface area contributed by atoms with Crippen molar-refractivity contribution >= 4 is 5.97 Å². The summed E-state index contributed by atoms with van der Waals surface area (Å²) < 4.78 is 0. The van der Waals surface area contributed by atoms with Crippen LogP contribution < -0.4 is 0 Å². The minimum atomic E-state index is -0.606. The minimum absolute atomic E-state index is 0.130. The molecule has 1 saturated carbocycles. The summed E-state index contributed by atoms with van der Waals surface area (Å²) in [6, 6.07) is 0.576. The van der Waals surface area contributed by atoms with Crippen LogP contribution in [0.4, 0.5) is 0 Å². The number of carboxylic acids is 1. The number of carbonyl (C=O) groups is 1. The Labute approximate surface area is 104 Å². The van der Waals surface area contributed by atoms with Gasteiger partial charge in [-0.1, -0.05) is 19.3 Å². The lowest BCUT2D eigenvalue weighted by atomic mass is 9.86. The van der Waals surface area contributed by atoms with Crippen LogP contribution in [0.1, 0.15) is 51.9 Å². The number of aliphatic carboxylic acids is 1. The summed E-state index contributed by atoms with van der Waals surface area (Å²) in [6.07, 6.45) is 8.73. The number of piperidine rings is 1. The lowest BCUT2D eigenvalue weighted by Gasteiger charge is -2.39. The predicted molar refractivity (Wildman–Crippen MR) is 68.0 cm³/mol. The van der Waals surface area contributed by atoms with Crippen molar-refractivity contribution in [3.63, 3.8) is 0 Å². The fraction of sp³-hybridized carbons (Fsp3) is 0.929. The van der Waals surface area contributed by atoms with Gasteiger partial charge in [0.05, 0.1) is 5.92 Å². The molecule has 2 rings (SSSR count). The molecule has 1 heterocycles. The predicted octanol–water partition coefficient (Wildman–Crippen LogP) is 2.75. The first-order valence-corrected chi connectivity index (χ1v) is 7.13. The topological polar surface area (TPSA) is 40.5 Å². The first-order chi connectivity index (χ1) is 8.16. The summed E-state index contributed by atoms with van der Waals surface area (Å²) in [7, 11) is 0. The molecule has 2 aliphatic rings. The van der Waals surface area contributed by atoms with E-state index in [9.17, 15) is 4.79 Å². The number of rotatable bonds is 3. The maximum absolute atomic E-state index is 11.1. The minimum Gasteiger partial charge on any atom is -0.481 e. The summed E-state index contributed by atoms with van der Waals surface area (Å²) in [4.78, 5) is 13.5. The standard InChI is InChI=1S/C14H25NO2/c1-11-7-8-13(14(16)17)10-15(11)9-12-5-3-2-4-6-12/h11-13H,2-10H2,1H3,(H,16,17). The quantitative estimate of drug-likeness (QED) is 0.823. The molecule has 0 aromatic carbocycles. The smallest absolute Gasteiger partial charge is 0.307 e. The molecule has 0 aromatic rings. The van der Waals surface area contributed by atoms with Crippen LogP contribution in [0.2, 0.25) is 0 Å². The van der Waals surface area contributed by atoms with Gasteiger partial charge in [0.15, 0.2) is 0 Å². The Morgan fingerprint density at radius 3 is 2.53 bits per heavy atom. The Morgan fingerprint density at radius 1 is 1.18 bits per heavy atom. The van der Waals surface area contributed by atoms with Gasteiger partial charge in [-0.05, 0) is 38.5 Å². The number of hydrogen-bond donors (Lipinski definition) is 1. The molecule has 98 valence electrons. The van der Waals surface area contributed by atoms with Gasteiger partial charge in [0.25, 0.3) is 0 Å². The van der Waals surface area contributed by atoms with Crippen LogP contribution >= 0.6 is 0 Å². The van der Waals surface area contributed by atoms with Gasteiger partial charge in [0, 0.05) is 19.1 Å². The molecule has 1 saturated heterocycles. The second kappa shape index (κ2) is 5.85. The van der Waals surface area contributed by atoms with Crippen LogP contribution in [0.15, 0.2) is 0 Å². The van der Waals surface area contributed by atoms with Crippen LogP contribution in [-0.2, 0) is 4.79 Å². The van der Waals surface area contributed by atoms with Gasteiger partial charge < -0.3 is 5.11 Å². The third kappa shape index (κ3) is 3.44. The van der Waals surface area contributed by atoms with Crippen molar-refractivity contribution in [2.75, 3.05) is 13.1 Å². The molecule has 17 heavy (non-hydrogen) atoms. The van der Waals surface area contributed by atoms with Crippen LogP contribution in [0.3, 0.4) is 0 Å². The van der Waals surface area contributed by atoms with Crippen LogP contribution in [-0.4, -0.2) is 35.1 Å². The van der Waals surface area contributed by atoms with Gasteiger partial charge in [-0.25, -0.2) is 0 Å². The molecule has 0 aromatic heterocycles. The van der Waals surface area contributed by atoms with E-state index in [0.717, 1.165) is 31.8 Å². The molecule has 2 atom stereocenters. The van der Waals surface area contributed by atoms with E-state index in [2.05, 4.69) is 11.8 Å². The van der Waals surface area contributed by atoms with Crippen molar-refractivity contribution < 1.29 is 9.90 Å². The molecule has 0 amide bonds. The van der Waals surface area contributed by atoms with E-state index in [4.69, 9.17) is 5.11 Å². The highest BCUT2D eigenvalue weighted by Gasteiger charge is 2.31. The van der Waals surface area contributed by atoms with Gasteiger partial charge in [0.1, 0.15) is 0 Å². The number of likely N-dealkylation sites (tertiary alicyclic amines) is 1. The van der Waals surface area contributed by atoms with E-state index < -0.39 is 5.97 Å². The Kier molecular flexibility index (Phi) is 4.43. The number of nitrogens with zero attached hydrogens (tertiary/aromatic N) is 1. The molecular formula is C14H25NO2. The lowest BCUT2D eigenvalue weighted by molar-refractivity contribution is -0.144. The number of hydrogen-bond acceptors (Lipinski definition) is 2. The van der Waals surface area contributed by atoms with Crippen molar-refractivity contribution in [2.24, 2.45) is 11.8 Å². The first-order valence-electron chi connectivity index (χ1n) is 7.13. The Balaban J connectivity index is 1.86. The van der Waals surface area contributed by atoms with Crippen molar-refractivity contribution in [2.45, 2.75) is 57.9 Å². The van der Waals surface area contributed by atoms with Crippen molar-refractivity contribution in [1.29, 1.82) is 0 Å². The van der Waals surface area contributed by atoms with Crippen molar-refractivity contribution in [3.05, 3.63) is 0 Å². The van der Waals surface area contributed by atoms with E-state index in [0.29, 0.717) is 6.04 Å². The van der Waals surface area contributed by atoms with Gasteiger partial charge >= 0.3 is 5.97 Å². The normalized spacial score (nSPS) is 32.5. The highest BCUT2D eigenvalue weighted by atomic mass is 16.4. The van der Waals surface area contributed by atoms with Gasteiger partial charge in [-0.3, -0.25) is 9.69 Å². The van der Waals surface area contributed by atoms with E-state index in [1.165, 1.54) is 32.1 Å². The third-order valence-corrected chi connectivity index (χ3v) is 4.58. The van der Waals surface area contributed by atoms with Gasteiger partial charge in [-0.2, -0.15) is 0 Å². The molecule has 2 unspecified atom stereocenters. The SMILES string of the molecule is CC1CCC(C(=O)O)CN1CC1CCCCC1. The van der Waals surface area contributed by atoms with E-state index in [1.54, 1.807) is 0 Å². The Bertz CT molecular complexity index is 261.